The highest BCUT2D eigenvalue weighted by atomic mass is 16.4. The van der Waals surface area contributed by atoms with Gasteiger partial charge in [-0.25, -0.2) is 9.59 Å². The van der Waals surface area contributed by atoms with Gasteiger partial charge in [0.15, 0.2) is 5.58 Å². The van der Waals surface area contributed by atoms with E-state index in [0.717, 1.165) is 24.3 Å². The summed E-state index contributed by atoms with van der Waals surface area (Å²) in [4.78, 5) is 26.3. The minimum Gasteiger partial charge on any atom is -0.465 e. The summed E-state index contributed by atoms with van der Waals surface area (Å²) in [6.07, 6.45) is -0.826. The summed E-state index contributed by atoms with van der Waals surface area (Å²) in [5.74, 6) is 0.409. The first-order chi connectivity index (χ1) is 10.5. The van der Waals surface area contributed by atoms with Crippen LogP contribution in [0, 0.1) is 11.8 Å². The van der Waals surface area contributed by atoms with Crippen LogP contribution in [0.15, 0.2) is 27.4 Å². The third kappa shape index (κ3) is 1.88. The predicted octanol–water partition coefficient (Wildman–Crippen LogP) is 1.18. The van der Waals surface area contributed by atoms with Gasteiger partial charge in [0.1, 0.15) is 0 Å². The van der Waals surface area contributed by atoms with Gasteiger partial charge < -0.3 is 19.3 Å². The third-order valence-corrected chi connectivity index (χ3v) is 4.90. The number of amides is 1. The molecule has 1 amide bonds. The Bertz CT molecular complexity index is 795. The van der Waals surface area contributed by atoms with Crippen molar-refractivity contribution in [3.05, 3.63) is 28.7 Å². The summed E-state index contributed by atoms with van der Waals surface area (Å²) in [5, 5.41) is 9.07. The molecule has 7 heteroatoms. The van der Waals surface area contributed by atoms with Crippen LogP contribution >= 0.6 is 0 Å². The number of carboxylic acid groups (broad SMARTS) is 1. The van der Waals surface area contributed by atoms with E-state index in [0.29, 0.717) is 30.5 Å². The fourth-order valence-electron chi connectivity index (χ4n) is 3.68. The molecular weight excluding hydrogens is 286 g/mol. The van der Waals surface area contributed by atoms with E-state index >= 15 is 0 Å². The SMILES string of the molecule is Cn1c(=O)oc2cc(N3C[C@H]4CN(C(=O)O)C[C@H]4C3)ccc21. The van der Waals surface area contributed by atoms with Crippen molar-refractivity contribution in [3.8, 4) is 0 Å². The van der Waals surface area contributed by atoms with Gasteiger partial charge in [-0.3, -0.25) is 4.57 Å². The minimum atomic E-state index is -0.826. The van der Waals surface area contributed by atoms with E-state index in [1.165, 1.54) is 9.47 Å². The molecule has 0 bridgehead atoms. The van der Waals surface area contributed by atoms with E-state index in [9.17, 15) is 9.59 Å². The number of hydrogen-bond donors (Lipinski definition) is 1. The summed E-state index contributed by atoms with van der Waals surface area (Å²) in [5.41, 5.74) is 2.40. The average Bonchev–Trinajstić information content (AvgIpc) is 3.11. The molecule has 1 aromatic heterocycles. The maximum atomic E-state index is 11.6. The molecule has 2 aromatic rings. The zero-order chi connectivity index (χ0) is 15.4. The first-order valence-corrected chi connectivity index (χ1v) is 7.35. The molecule has 0 radical (unpaired) electrons. The molecule has 3 heterocycles. The summed E-state index contributed by atoms with van der Waals surface area (Å²) in [6.45, 7) is 2.91. The molecule has 1 aromatic carbocycles. The summed E-state index contributed by atoms with van der Waals surface area (Å²) in [6, 6.07) is 5.78. The molecule has 2 atom stereocenters. The van der Waals surface area contributed by atoms with Gasteiger partial charge >= 0.3 is 11.8 Å². The van der Waals surface area contributed by atoms with Gasteiger partial charge in [0.05, 0.1) is 5.52 Å². The lowest BCUT2D eigenvalue weighted by molar-refractivity contribution is 0.153. The van der Waals surface area contributed by atoms with Crippen LogP contribution in [0.2, 0.25) is 0 Å². The Balaban J connectivity index is 1.57. The van der Waals surface area contributed by atoms with Crippen LogP contribution in [0.25, 0.3) is 11.1 Å². The van der Waals surface area contributed by atoms with Gasteiger partial charge in [0.2, 0.25) is 0 Å². The molecule has 1 N–H and O–H groups in total. The molecule has 2 aliphatic rings. The Kier molecular flexibility index (Phi) is 2.72. The Morgan fingerprint density at radius 1 is 1.23 bits per heavy atom. The van der Waals surface area contributed by atoms with E-state index in [4.69, 9.17) is 9.52 Å². The summed E-state index contributed by atoms with van der Waals surface area (Å²) >= 11 is 0. The highest BCUT2D eigenvalue weighted by molar-refractivity contribution is 5.78. The average molecular weight is 303 g/mol. The zero-order valence-electron chi connectivity index (χ0n) is 12.2. The molecular formula is C15H17N3O4. The molecule has 4 rings (SSSR count). The Morgan fingerprint density at radius 3 is 2.55 bits per heavy atom. The number of likely N-dealkylation sites (tertiary alicyclic amines) is 1. The second-order valence-corrected chi connectivity index (χ2v) is 6.19. The number of aryl methyl sites for hydroxylation is 1. The van der Waals surface area contributed by atoms with E-state index in [1.54, 1.807) is 7.05 Å². The van der Waals surface area contributed by atoms with Gasteiger partial charge in [-0.15, -0.1) is 0 Å². The molecule has 2 fully saturated rings. The second kappa shape index (κ2) is 4.53. The smallest absolute Gasteiger partial charge is 0.419 e. The summed E-state index contributed by atoms with van der Waals surface area (Å²) in [7, 11) is 1.69. The molecule has 0 aliphatic carbocycles. The molecule has 0 unspecified atom stereocenters. The monoisotopic (exact) mass is 303 g/mol. The van der Waals surface area contributed by atoms with E-state index in [1.807, 2.05) is 18.2 Å². The molecule has 2 saturated heterocycles. The second-order valence-electron chi connectivity index (χ2n) is 6.19. The third-order valence-electron chi connectivity index (χ3n) is 4.90. The molecule has 2 aliphatic heterocycles. The highest BCUT2D eigenvalue weighted by Crippen LogP contribution is 2.34. The lowest BCUT2D eigenvalue weighted by atomic mass is 10.0. The minimum absolute atomic E-state index is 0.359. The molecule has 0 spiro atoms. The Hall–Kier alpha value is -2.44. The van der Waals surface area contributed by atoms with E-state index in [2.05, 4.69) is 4.90 Å². The van der Waals surface area contributed by atoms with Crippen molar-refractivity contribution in [2.24, 2.45) is 18.9 Å². The van der Waals surface area contributed by atoms with E-state index < -0.39 is 6.09 Å². The van der Waals surface area contributed by atoms with E-state index in [-0.39, 0.29) is 5.76 Å². The number of rotatable bonds is 1. The van der Waals surface area contributed by atoms with Crippen LogP contribution < -0.4 is 10.7 Å². The van der Waals surface area contributed by atoms with Gasteiger partial charge in [0, 0.05) is 56.8 Å². The van der Waals surface area contributed by atoms with Gasteiger partial charge in [-0.05, 0) is 12.1 Å². The van der Waals surface area contributed by atoms with Crippen LogP contribution in [0.3, 0.4) is 0 Å². The maximum Gasteiger partial charge on any atom is 0.419 e. The quantitative estimate of drug-likeness (QED) is 0.856. The Morgan fingerprint density at radius 2 is 1.91 bits per heavy atom. The highest BCUT2D eigenvalue weighted by Gasteiger charge is 2.41. The topological polar surface area (TPSA) is 78.9 Å². The van der Waals surface area contributed by atoms with Gasteiger partial charge in [-0.2, -0.15) is 0 Å². The predicted molar refractivity (Wildman–Crippen MR) is 80.2 cm³/mol. The van der Waals surface area contributed by atoms with Crippen molar-refractivity contribution in [1.82, 2.24) is 9.47 Å². The van der Waals surface area contributed by atoms with Crippen molar-refractivity contribution in [2.75, 3.05) is 31.1 Å². The van der Waals surface area contributed by atoms with Crippen LogP contribution in [0.4, 0.5) is 10.5 Å². The number of hydrogen-bond acceptors (Lipinski definition) is 4. The first-order valence-electron chi connectivity index (χ1n) is 7.35. The molecule has 0 saturated carbocycles. The van der Waals surface area contributed by atoms with Crippen LogP contribution in [0.5, 0.6) is 0 Å². The van der Waals surface area contributed by atoms with Gasteiger partial charge in [-0.1, -0.05) is 0 Å². The largest absolute Gasteiger partial charge is 0.465 e. The lowest BCUT2D eigenvalue weighted by Gasteiger charge is -2.21. The number of oxazole rings is 1. The molecule has 7 nitrogen and oxygen atoms in total. The standard InChI is InChI=1S/C15H17N3O4/c1-16-12-3-2-11(4-13(12)22-15(16)21)17-5-9-7-18(14(19)20)8-10(9)6-17/h2-4,9-10H,5-8H2,1H3,(H,19,20)/t9-,10+. The normalized spacial score (nSPS) is 24.2. The number of carbonyl (C=O) groups is 1. The molecule has 22 heavy (non-hydrogen) atoms. The maximum absolute atomic E-state index is 11.6. The van der Waals surface area contributed by atoms with Crippen molar-refractivity contribution in [1.29, 1.82) is 0 Å². The van der Waals surface area contributed by atoms with Crippen molar-refractivity contribution in [3.63, 3.8) is 0 Å². The number of anilines is 1. The van der Waals surface area contributed by atoms with Crippen molar-refractivity contribution in [2.45, 2.75) is 0 Å². The van der Waals surface area contributed by atoms with Crippen molar-refractivity contribution < 1.29 is 14.3 Å². The number of benzene rings is 1. The number of fused-ring (bicyclic) bond motifs is 2. The van der Waals surface area contributed by atoms with Crippen LogP contribution in [-0.2, 0) is 7.05 Å². The zero-order valence-corrected chi connectivity index (χ0v) is 12.2. The first kappa shape index (κ1) is 13.2. The van der Waals surface area contributed by atoms with Crippen LogP contribution in [-0.4, -0.2) is 46.8 Å². The summed E-state index contributed by atoms with van der Waals surface area (Å²) < 4.78 is 6.72. The Labute approximate surface area is 126 Å². The van der Waals surface area contributed by atoms with Crippen molar-refractivity contribution >= 4 is 22.9 Å². The fraction of sp³-hybridized carbons (Fsp3) is 0.467. The molecule has 116 valence electrons. The number of aromatic nitrogens is 1. The van der Waals surface area contributed by atoms with Gasteiger partial charge in [0.25, 0.3) is 0 Å². The fourth-order valence-corrected chi connectivity index (χ4v) is 3.68. The lowest BCUT2D eigenvalue weighted by Crippen LogP contribution is -2.32. The van der Waals surface area contributed by atoms with Crippen LogP contribution in [0.1, 0.15) is 0 Å². The number of nitrogens with zero attached hydrogens (tertiary/aromatic N) is 3.